The molecule has 0 aromatic rings. The van der Waals surface area contributed by atoms with Crippen LogP contribution >= 0.6 is 23.5 Å². The maximum Gasteiger partial charge on any atom is 0.156 e. The van der Waals surface area contributed by atoms with E-state index in [2.05, 4.69) is 25.4 Å². The Bertz CT molecular complexity index is 261. The minimum atomic E-state index is 0.502. The standard InChI is InChI=1S/C11H20N2S2/c1-8-6-15-10(13-9(8)2)12-7-11(14-3)4-5-11/h8-9H,4-7H2,1-3H3,(H,12,13). The smallest absolute Gasteiger partial charge is 0.156 e. The molecule has 86 valence electrons. The molecule has 0 spiro atoms. The average Bonchev–Trinajstić information content (AvgIpc) is 3.01. The Balaban J connectivity index is 1.86. The van der Waals surface area contributed by atoms with E-state index in [1.807, 2.05) is 23.5 Å². The van der Waals surface area contributed by atoms with Crippen molar-refractivity contribution in [3.05, 3.63) is 0 Å². The second-order valence-corrected chi connectivity index (χ2v) is 7.01. The van der Waals surface area contributed by atoms with Crippen LogP contribution in [0.2, 0.25) is 0 Å². The van der Waals surface area contributed by atoms with Crippen LogP contribution in [0.5, 0.6) is 0 Å². The van der Waals surface area contributed by atoms with Crippen LogP contribution in [0.25, 0.3) is 0 Å². The molecule has 1 heterocycles. The zero-order chi connectivity index (χ0) is 10.9. The van der Waals surface area contributed by atoms with Gasteiger partial charge in [0.1, 0.15) is 0 Å². The van der Waals surface area contributed by atoms with Crippen molar-refractivity contribution in [2.75, 3.05) is 18.6 Å². The first kappa shape index (κ1) is 11.6. The van der Waals surface area contributed by atoms with Gasteiger partial charge in [0.15, 0.2) is 5.17 Å². The molecule has 2 atom stereocenters. The summed E-state index contributed by atoms with van der Waals surface area (Å²) in [6, 6.07) is 0.578. The van der Waals surface area contributed by atoms with E-state index < -0.39 is 0 Å². The molecule has 2 fully saturated rings. The molecule has 0 radical (unpaired) electrons. The van der Waals surface area contributed by atoms with E-state index in [-0.39, 0.29) is 0 Å². The van der Waals surface area contributed by atoms with E-state index in [1.165, 1.54) is 23.8 Å². The Morgan fingerprint density at radius 1 is 1.53 bits per heavy atom. The van der Waals surface area contributed by atoms with Crippen LogP contribution < -0.4 is 5.32 Å². The largest absolute Gasteiger partial charge is 0.362 e. The summed E-state index contributed by atoms with van der Waals surface area (Å²) in [5, 5.41) is 4.66. The zero-order valence-corrected chi connectivity index (χ0v) is 11.4. The van der Waals surface area contributed by atoms with Gasteiger partial charge in [-0.25, -0.2) is 0 Å². The summed E-state index contributed by atoms with van der Waals surface area (Å²) in [6.45, 7) is 5.55. The SMILES string of the molecule is CSC1(CN=C2NC(C)C(C)CS2)CC1. The van der Waals surface area contributed by atoms with Crippen molar-refractivity contribution in [3.8, 4) is 0 Å². The zero-order valence-electron chi connectivity index (χ0n) is 9.75. The predicted molar refractivity (Wildman–Crippen MR) is 72.0 cm³/mol. The quantitative estimate of drug-likeness (QED) is 0.826. The van der Waals surface area contributed by atoms with Crippen molar-refractivity contribution >= 4 is 28.7 Å². The van der Waals surface area contributed by atoms with E-state index in [0.717, 1.165) is 12.5 Å². The Kier molecular flexibility index (Phi) is 3.56. The fraction of sp³-hybridized carbons (Fsp3) is 0.909. The maximum absolute atomic E-state index is 4.72. The molecule has 2 unspecified atom stereocenters. The van der Waals surface area contributed by atoms with Gasteiger partial charge < -0.3 is 5.32 Å². The summed E-state index contributed by atoms with van der Waals surface area (Å²) in [7, 11) is 0. The Labute approximate surface area is 101 Å². The molecule has 0 aromatic carbocycles. The van der Waals surface area contributed by atoms with Gasteiger partial charge in [-0.1, -0.05) is 18.7 Å². The van der Waals surface area contributed by atoms with Crippen molar-refractivity contribution in [1.82, 2.24) is 5.32 Å². The molecule has 2 nitrogen and oxygen atoms in total. The first-order chi connectivity index (χ1) is 7.15. The summed E-state index contributed by atoms with van der Waals surface area (Å²) in [5.74, 6) is 1.96. The van der Waals surface area contributed by atoms with E-state index in [9.17, 15) is 0 Å². The van der Waals surface area contributed by atoms with Crippen LogP contribution in [0.4, 0.5) is 0 Å². The monoisotopic (exact) mass is 244 g/mol. The molecule has 1 saturated carbocycles. The van der Waals surface area contributed by atoms with Crippen LogP contribution in [-0.2, 0) is 0 Å². The van der Waals surface area contributed by atoms with Crippen LogP contribution in [0.3, 0.4) is 0 Å². The number of nitrogens with zero attached hydrogens (tertiary/aromatic N) is 1. The van der Waals surface area contributed by atoms with E-state index in [1.54, 1.807) is 0 Å². The van der Waals surface area contributed by atoms with Crippen LogP contribution in [0.1, 0.15) is 26.7 Å². The van der Waals surface area contributed by atoms with Crippen molar-refractivity contribution in [2.45, 2.75) is 37.5 Å². The average molecular weight is 244 g/mol. The molecule has 2 rings (SSSR count). The lowest BCUT2D eigenvalue weighted by Crippen LogP contribution is -2.41. The van der Waals surface area contributed by atoms with E-state index in [0.29, 0.717) is 10.8 Å². The van der Waals surface area contributed by atoms with Gasteiger partial charge in [-0.2, -0.15) is 11.8 Å². The van der Waals surface area contributed by atoms with Gasteiger partial charge in [0.25, 0.3) is 0 Å². The topological polar surface area (TPSA) is 24.4 Å². The number of aliphatic imine (C=N–C) groups is 1. The van der Waals surface area contributed by atoms with Crippen molar-refractivity contribution in [3.63, 3.8) is 0 Å². The lowest BCUT2D eigenvalue weighted by atomic mass is 10.1. The third-order valence-electron chi connectivity index (χ3n) is 3.44. The third kappa shape index (κ3) is 2.84. The van der Waals surface area contributed by atoms with Crippen LogP contribution in [0.15, 0.2) is 4.99 Å². The highest BCUT2D eigenvalue weighted by molar-refractivity contribution is 8.13. The highest BCUT2D eigenvalue weighted by atomic mass is 32.2. The molecule has 1 aliphatic heterocycles. The molecular weight excluding hydrogens is 224 g/mol. The molecule has 2 aliphatic rings. The van der Waals surface area contributed by atoms with Gasteiger partial charge >= 0.3 is 0 Å². The fourth-order valence-corrected chi connectivity index (χ4v) is 3.45. The number of rotatable bonds is 3. The first-order valence-corrected chi connectivity index (χ1v) is 7.85. The number of hydrogen-bond donors (Lipinski definition) is 1. The van der Waals surface area contributed by atoms with Gasteiger partial charge in [-0.15, -0.1) is 0 Å². The molecule has 4 heteroatoms. The maximum atomic E-state index is 4.72. The van der Waals surface area contributed by atoms with Gasteiger partial charge in [0.05, 0.1) is 6.54 Å². The number of amidine groups is 1. The molecule has 0 bridgehead atoms. The molecule has 1 aliphatic carbocycles. The number of nitrogens with one attached hydrogen (secondary N) is 1. The van der Waals surface area contributed by atoms with Gasteiger partial charge in [0, 0.05) is 16.5 Å². The van der Waals surface area contributed by atoms with Gasteiger partial charge in [-0.05, 0) is 31.9 Å². The Hall–Kier alpha value is 0.170. The Morgan fingerprint density at radius 2 is 2.27 bits per heavy atom. The van der Waals surface area contributed by atoms with Crippen molar-refractivity contribution in [1.29, 1.82) is 0 Å². The minimum Gasteiger partial charge on any atom is -0.362 e. The molecule has 1 N–H and O–H groups in total. The second-order valence-electron chi connectivity index (χ2n) is 4.73. The normalized spacial score (nSPS) is 36.3. The predicted octanol–water partition coefficient (Wildman–Crippen LogP) is 2.60. The van der Waals surface area contributed by atoms with E-state index >= 15 is 0 Å². The molecule has 0 aromatic heterocycles. The fourth-order valence-electron chi connectivity index (χ4n) is 1.61. The van der Waals surface area contributed by atoms with E-state index in [4.69, 9.17) is 4.99 Å². The lowest BCUT2D eigenvalue weighted by Gasteiger charge is -2.28. The lowest BCUT2D eigenvalue weighted by molar-refractivity contribution is 0.490. The summed E-state index contributed by atoms with van der Waals surface area (Å²) in [4.78, 5) is 4.72. The van der Waals surface area contributed by atoms with Crippen LogP contribution in [-0.4, -0.2) is 34.5 Å². The second kappa shape index (κ2) is 4.58. The van der Waals surface area contributed by atoms with Gasteiger partial charge in [-0.3, -0.25) is 4.99 Å². The summed E-state index contributed by atoms with van der Waals surface area (Å²) < 4.78 is 0.502. The highest BCUT2D eigenvalue weighted by Crippen LogP contribution is 2.47. The number of thioether (sulfide) groups is 2. The highest BCUT2D eigenvalue weighted by Gasteiger charge is 2.41. The summed E-state index contributed by atoms with van der Waals surface area (Å²) in [5.41, 5.74) is 0. The first-order valence-electron chi connectivity index (χ1n) is 5.64. The summed E-state index contributed by atoms with van der Waals surface area (Å²) >= 11 is 3.87. The van der Waals surface area contributed by atoms with Gasteiger partial charge in [0.2, 0.25) is 0 Å². The molecule has 15 heavy (non-hydrogen) atoms. The molecular formula is C11H20N2S2. The molecule has 0 amide bonds. The molecule has 1 saturated heterocycles. The minimum absolute atomic E-state index is 0.502. The number of hydrogen-bond acceptors (Lipinski definition) is 3. The third-order valence-corrected chi connectivity index (χ3v) is 6.06. The summed E-state index contributed by atoms with van der Waals surface area (Å²) in [6.07, 6.45) is 4.91. The van der Waals surface area contributed by atoms with Crippen molar-refractivity contribution < 1.29 is 0 Å². The van der Waals surface area contributed by atoms with Crippen molar-refractivity contribution in [2.24, 2.45) is 10.9 Å². The Morgan fingerprint density at radius 3 is 2.80 bits per heavy atom. The van der Waals surface area contributed by atoms with Crippen LogP contribution in [0, 0.1) is 5.92 Å².